The zero-order valence-corrected chi connectivity index (χ0v) is 19.1. The van der Waals surface area contributed by atoms with Crippen molar-refractivity contribution in [3.63, 3.8) is 0 Å². The van der Waals surface area contributed by atoms with Crippen molar-refractivity contribution in [3.8, 4) is 5.75 Å². The molecule has 4 heteroatoms. The van der Waals surface area contributed by atoms with Gasteiger partial charge in [-0.15, -0.1) is 0 Å². The molecule has 166 valence electrons. The van der Waals surface area contributed by atoms with Gasteiger partial charge in [-0.3, -0.25) is 4.79 Å². The Morgan fingerprint density at radius 2 is 1.56 bits per heavy atom. The fourth-order valence-corrected chi connectivity index (χ4v) is 4.63. The number of rotatable bonds is 6. The van der Waals surface area contributed by atoms with Crippen LogP contribution in [0.2, 0.25) is 0 Å². The molecule has 0 aromatic heterocycles. The molecule has 0 radical (unpaired) electrons. The molecular formula is C28H33N2O2+. The lowest BCUT2D eigenvalue weighted by Crippen LogP contribution is -3.13. The highest BCUT2D eigenvalue weighted by molar-refractivity contribution is 5.78. The topological polar surface area (TPSA) is 45.0 Å². The van der Waals surface area contributed by atoms with E-state index in [9.17, 15) is 9.90 Å². The van der Waals surface area contributed by atoms with E-state index in [2.05, 4.69) is 36.4 Å². The van der Waals surface area contributed by atoms with Crippen LogP contribution in [0.1, 0.15) is 40.2 Å². The van der Waals surface area contributed by atoms with E-state index >= 15 is 0 Å². The first-order valence-corrected chi connectivity index (χ1v) is 11.5. The molecule has 0 aliphatic carbocycles. The summed E-state index contributed by atoms with van der Waals surface area (Å²) in [6.45, 7) is 8.43. The molecule has 32 heavy (non-hydrogen) atoms. The lowest BCUT2D eigenvalue weighted by molar-refractivity contribution is -0.917. The highest BCUT2D eigenvalue weighted by Crippen LogP contribution is 2.37. The molecular weight excluding hydrogens is 396 g/mol. The van der Waals surface area contributed by atoms with Crippen LogP contribution >= 0.6 is 0 Å². The van der Waals surface area contributed by atoms with Crippen LogP contribution < -0.4 is 4.90 Å². The smallest absolute Gasteiger partial charge is 0.223 e. The van der Waals surface area contributed by atoms with Gasteiger partial charge in [-0.25, -0.2) is 0 Å². The normalized spacial score (nSPS) is 15.5. The molecule has 1 aliphatic heterocycles. The van der Waals surface area contributed by atoms with Gasteiger partial charge in [0, 0.05) is 23.5 Å². The number of hydrogen-bond acceptors (Lipinski definition) is 2. The third-order valence-electron chi connectivity index (χ3n) is 6.81. The maximum atomic E-state index is 13.3. The Morgan fingerprint density at radius 1 is 0.938 bits per heavy atom. The maximum Gasteiger partial charge on any atom is 0.223 e. The summed E-state index contributed by atoms with van der Waals surface area (Å²) in [5.41, 5.74) is 5.18. The number of hydrogen-bond donors (Lipinski definition) is 2. The van der Waals surface area contributed by atoms with Crippen LogP contribution in [0.3, 0.4) is 0 Å². The highest BCUT2D eigenvalue weighted by Gasteiger charge is 2.28. The van der Waals surface area contributed by atoms with E-state index in [4.69, 9.17) is 0 Å². The van der Waals surface area contributed by atoms with Gasteiger partial charge in [0.1, 0.15) is 12.3 Å². The molecule has 1 fully saturated rings. The average Bonchev–Trinajstić information content (AvgIpc) is 2.83. The first-order valence-electron chi connectivity index (χ1n) is 11.5. The summed E-state index contributed by atoms with van der Waals surface area (Å²) in [6.07, 6.45) is 0.369. The van der Waals surface area contributed by atoms with Crippen molar-refractivity contribution in [2.45, 2.75) is 32.7 Å². The minimum Gasteiger partial charge on any atom is -0.507 e. The van der Waals surface area contributed by atoms with Crippen LogP contribution in [0.15, 0.2) is 72.8 Å². The predicted molar refractivity (Wildman–Crippen MR) is 128 cm³/mol. The standard InChI is InChI=1S/C28H32N2O2/c1-21-13-14-25(28(32)22(21)2)26(24-11-7-4-8-12-24)19-27(31)30-17-15-29(16-18-30)20-23-9-5-3-6-10-23/h3-14,26,32H,15-20H2,1-2H3/p+1/t26-/m1/s1. The number of aryl methyl sites for hydroxylation is 1. The second kappa shape index (κ2) is 10.0. The zero-order valence-electron chi connectivity index (χ0n) is 19.1. The minimum absolute atomic E-state index is 0.155. The van der Waals surface area contributed by atoms with Gasteiger partial charge in [0.25, 0.3) is 0 Å². The van der Waals surface area contributed by atoms with Gasteiger partial charge in [-0.2, -0.15) is 0 Å². The number of benzene rings is 3. The van der Waals surface area contributed by atoms with E-state index in [1.54, 1.807) is 0 Å². The van der Waals surface area contributed by atoms with Crippen molar-refractivity contribution in [2.24, 2.45) is 0 Å². The summed E-state index contributed by atoms with van der Waals surface area (Å²) in [5, 5.41) is 10.9. The van der Waals surface area contributed by atoms with Gasteiger partial charge in [-0.05, 0) is 30.5 Å². The molecule has 0 spiro atoms. The van der Waals surface area contributed by atoms with Crippen molar-refractivity contribution in [1.29, 1.82) is 0 Å². The quantitative estimate of drug-likeness (QED) is 0.630. The number of nitrogens with one attached hydrogen (secondary N) is 1. The zero-order chi connectivity index (χ0) is 22.5. The molecule has 0 unspecified atom stereocenters. The van der Waals surface area contributed by atoms with E-state index in [0.29, 0.717) is 12.2 Å². The summed E-state index contributed by atoms with van der Waals surface area (Å²) in [4.78, 5) is 16.8. The molecule has 1 atom stereocenters. The Kier molecular flexibility index (Phi) is 6.91. The minimum atomic E-state index is -0.155. The molecule has 2 N–H and O–H groups in total. The molecule has 3 aromatic carbocycles. The Labute approximate surface area is 191 Å². The molecule has 1 aliphatic rings. The first-order chi connectivity index (χ1) is 15.5. The van der Waals surface area contributed by atoms with E-state index in [-0.39, 0.29) is 11.8 Å². The fourth-order valence-electron chi connectivity index (χ4n) is 4.63. The van der Waals surface area contributed by atoms with Gasteiger partial charge in [-0.1, -0.05) is 72.8 Å². The van der Waals surface area contributed by atoms with Gasteiger partial charge in [0.2, 0.25) is 5.91 Å². The molecule has 1 saturated heterocycles. The average molecular weight is 430 g/mol. The maximum absolute atomic E-state index is 13.3. The van der Waals surface area contributed by atoms with Gasteiger partial charge in [0.05, 0.1) is 26.2 Å². The van der Waals surface area contributed by atoms with Gasteiger partial charge in [0.15, 0.2) is 0 Å². The number of quaternary nitrogens is 1. The Balaban J connectivity index is 1.46. The number of carbonyl (C=O) groups is 1. The summed E-state index contributed by atoms with van der Waals surface area (Å²) >= 11 is 0. The number of carbonyl (C=O) groups excluding carboxylic acids is 1. The lowest BCUT2D eigenvalue weighted by Gasteiger charge is -2.33. The van der Waals surface area contributed by atoms with Crippen LogP contribution in [-0.2, 0) is 11.3 Å². The molecule has 3 aromatic rings. The van der Waals surface area contributed by atoms with Crippen molar-refractivity contribution in [1.82, 2.24) is 4.90 Å². The summed E-state index contributed by atoms with van der Waals surface area (Å²) in [7, 11) is 0. The number of phenols is 1. The lowest BCUT2D eigenvalue weighted by atomic mass is 9.85. The highest BCUT2D eigenvalue weighted by atomic mass is 16.3. The third-order valence-corrected chi connectivity index (χ3v) is 6.81. The summed E-state index contributed by atoms with van der Waals surface area (Å²) in [5.74, 6) is 0.316. The monoisotopic (exact) mass is 429 g/mol. The Morgan fingerprint density at radius 3 is 2.22 bits per heavy atom. The first kappa shape index (κ1) is 22.1. The number of amides is 1. The molecule has 4 nitrogen and oxygen atoms in total. The van der Waals surface area contributed by atoms with E-state index in [0.717, 1.165) is 55.0 Å². The number of aromatic hydroxyl groups is 1. The second-order valence-electron chi connectivity index (χ2n) is 8.91. The summed E-state index contributed by atoms with van der Waals surface area (Å²) in [6, 6.07) is 24.7. The van der Waals surface area contributed by atoms with Crippen LogP contribution in [-0.4, -0.2) is 42.1 Å². The van der Waals surface area contributed by atoms with E-state index < -0.39 is 0 Å². The van der Waals surface area contributed by atoms with Crippen LogP contribution in [0, 0.1) is 13.8 Å². The molecule has 4 rings (SSSR count). The van der Waals surface area contributed by atoms with E-state index in [1.165, 1.54) is 10.5 Å². The van der Waals surface area contributed by atoms with Crippen molar-refractivity contribution >= 4 is 5.91 Å². The van der Waals surface area contributed by atoms with Crippen molar-refractivity contribution in [3.05, 3.63) is 101 Å². The van der Waals surface area contributed by atoms with Crippen molar-refractivity contribution < 1.29 is 14.8 Å². The number of nitrogens with zero attached hydrogens (tertiary/aromatic N) is 1. The van der Waals surface area contributed by atoms with E-state index in [1.807, 2.05) is 55.1 Å². The van der Waals surface area contributed by atoms with Crippen molar-refractivity contribution in [2.75, 3.05) is 26.2 Å². The third kappa shape index (κ3) is 5.03. The largest absolute Gasteiger partial charge is 0.507 e. The summed E-state index contributed by atoms with van der Waals surface area (Å²) < 4.78 is 0. The second-order valence-corrected chi connectivity index (χ2v) is 8.91. The Hall–Kier alpha value is -3.11. The Bertz CT molecular complexity index is 1040. The molecule has 1 amide bonds. The molecule has 0 bridgehead atoms. The predicted octanol–water partition coefficient (Wildman–Crippen LogP) is 3.46. The van der Waals surface area contributed by atoms with Crippen LogP contribution in [0.4, 0.5) is 0 Å². The SMILES string of the molecule is Cc1ccc([C@H](CC(=O)N2CC[NH+](Cc3ccccc3)CC2)c2ccccc2)c(O)c1C. The number of phenolic OH excluding ortho intramolecular Hbond substituents is 1. The van der Waals surface area contributed by atoms with Gasteiger partial charge < -0.3 is 14.9 Å². The van der Waals surface area contributed by atoms with Gasteiger partial charge >= 0.3 is 0 Å². The fraction of sp³-hybridized carbons (Fsp3) is 0.321. The van der Waals surface area contributed by atoms with Crippen LogP contribution in [0.25, 0.3) is 0 Å². The molecule has 0 saturated carbocycles. The van der Waals surface area contributed by atoms with Crippen LogP contribution in [0.5, 0.6) is 5.75 Å². The molecule has 1 heterocycles. The number of piperazine rings is 1.